The first-order valence-electron chi connectivity index (χ1n) is 11.1. The number of benzene rings is 1. The minimum Gasteiger partial charge on any atom is -0.469 e. The summed E-state index contributed by atoms with van der Waals surface area (Å²) < 4.78 is 5.00. The van der Waals surface area contributed by atoms with Gasteiger partial charge in [0.05, 0.1) is 24.1 Å². The summed E-state index contributed by atoms with van der Waals surface area (Å²) in [5, 5.41) is 4.06. The van der Waals surface area contributed by atoms with Gasteiger partial charge < -0.3 is 10.1 Å². The molecule has 30 heavy (non-hydrogen) atoms. The van der Waals surface area contributed by atoms with E-state index in [4.69, 9.17) is 9.72 Å². The van der Waals surface area contributed by atoms with Gasteiger partial charge in [-0.3, -0.25) is 19.5 Å². The van der Waals surface area contributed by atoms with Crippen LogP contribution < -0.4 is 5.32 Å². The highest BCUT2D eigenvalue weighted by molar-refractivity contribution is 6.07. The molecule has 1 amide bonds. The zero-order valence-electron chi connectivity index (χ0n) is 17.9. The summed E-state index contributed by atoms with van der Waals surface area (Å²) in [6.07, 6.45) is 4.78. The lowest BCUT2D eigenvalue weighted by atomic mass is 9.79. The normalized spacial score (nSPS) is 21.8. The van der Waals surface area contributed by atoms with E-state index >= 15 is 0 Å². The first-order valence-corrected chi connectivity index (χ1v) is 11.1. The first-order chi connectivity index (χ1) is 14.6. The minimum absolute atomic E-state index is 0.0583. The standard InChI is InChI=1S/C24H31N3O3/c1-3-27-13-12-21-19(15-27)22(18-10-6-7-11-20(18)26-21)23(28)25-14-16-8-4-5-9-17(16)24(29)30-2/h6-7,10-11,16-17H,3-5,8-9,12-15H2,1-2H3,(H,25,28). The highest BCUT2D eigenvalue weighted by Gasteiger charge is 2.32. The Morgan fingerprint density at radius 3 is 2.83 bits per heavy atom. The van der Waals surface area contributed by atoms with Gasteiger partial charge in [-0.1, -0.05) is 38.0 Å². The van der Waals surface area contributed by atoms with E-state index in [-0.39, 0.29) is 23.7 Å². The van der Waals surface area contributed by atoms with Crippen molar-refractivity contribution in [1.82, 2.24) is 15.2 Å². The number of carbonyl (C=O) groups is 2. The monoisotopic (exact) mass is 409 g/mol. The number of hydrogen-bond donors (Lipinski definition) is 1. The Labute approximate surface area is 178 Å². The molecule has 1 aliphatic heterocycles. The molecule has 2 heterocycles. The van der Waals surface area contributed by atoms with Crippen LogP contribution >= 0.6 is 0 Å². The summed E-state index contributed by atoms with van der Waals surface area (Å²) in [5.74, 6) is -0.204. The summed E-state index contributed by atoms with van der Waals surface area (Å²) in [7, 11) is 1.45. The van der Waals surface area contributed by atoms with Gasteiger partial charge >= 0.3 is 5.97 Å². The van der Waals surface area contributed by atoms with Crippen LogP contribution in [0.1, 0.15) is 54.2 Å². The van der Waals surface area contributed by atoms with E-state index in [1.807, 2.05) is 24.3 Å². The summed E-state index contributed by atoms with van der Waals surface area (Å²) in [6.45, 7) is 5.33. The average molecular weight is 410 g/mol. The molecule has 0 saturated heterocycles. The highest BCUT2D eigenvalue weighted by atomic mass is 16.5. The lowest BCUT2D eigenvalue weighted by molar-refractivity contribution is -0.148. The topological polar surface area (TPSA) is 71.5 Å². The molecule has 0 spiro atoms. The second-order valence-corrected chi connectivity index (χ2v) is 8.43. The lowest BCUT2D eigenvalue weighted by Crippen LogP contribution is -2.39. The lowest BCUT2D eigenvalue weighted by Gasteiger charge is -2.31. The Bertz CT molecular complexity index is 943. The summed E-state index contributed by atoms with van der Waals surface area (Å²) >= 11 is 0. The van der Waals surface area contributed by atoms with E-state index in [9.17, 15) is 9.59 Å². The highest BCUT2D eigenvalue weighted by Crippen LogP contribution is 2.31. The van der Waals surface area contributed by atoms with Gasteiger partial charge in [0.2, 0.25) is 0 Å². The van der Waals surface area contributed by atoms with Crippen LogP contribution in [0, 0.1) is 11.8 Å². The quantitative estimate of drug-likeness (QED) is 0.767. The number of hydrogen-bond acceptors (Lipinski definition) is 5. The average Bonchev–Trinajstić information content (AvgIpc) is 2.80. The molecule has 0 radical (unpaired) electrons. The Morgan fingerprint density at radius 1 is 1.23 bits per heavy atom. The van der Waals surface area contributed by atoms with Crippen molar-refractivity contribution >= 4 is 22.8 Å². The van der Waals surface area contributed by atoms with Crippen LogP contribution in [0.4, 0.5) is 0 Å². The molecule has 1 aliphatic carbocycles. The molecule has 0 bridgehead atoms. The largest absolute Gasteiger partial charge is 0.469 e. The number of para-hydroxylation sites is 1. The Kier molecular flexibility index (Phi) is 6.32. The molecule has 160 valence electrons. The second kappa shape index (κ2) is 9.13. The number of amides is 1. The molecular formula is C24H31N3O3. The van der Waals surface area contributed by atoms with E-state index in [0.717, 1.165) is 79.5 Å². The van der Waals surface area contributed by atoms with Crippen LogP contribution in [0.15, 0.2) is 24.3 Å². The fraction of sp³-hybridized carbons (Fsp3) is 0.542. The van der Waals surface area contributed by atoms with Crippen molar-refractivity contribution in [2.75, 3.05) is 26.7 Å². The molecule has 6 nitrogen and oxygen atoms in total. The van der Waals surface area contributed by atoms with Gasteiger partial charge in [0.15, 0.2) is 0 Å². The van der Waals surface area contributed by atoms with Crippen molar-refractivity contribution in [1.29, 1.82) is 0 Å². The third-order valence-corrected chi connectivity index (χ3v) is 6.74. The molecule has 1 aromatic carbocycles. The number of rotatable bonds is 5. The number of aromatic nitrogens is 1. The zero-order valence-corrected chi connectivity index (χ0v) is 17.9. The maximum absolute atomic E-state index is 13.4. The van der Waals surface area contributed by atoms with E-state index in [1.54, 1.807) is 0 Å². The fourth-order valence-corrected chi connectivity index (χ4v) is 5.00. The number of carbonyl (C=O) groups excluding carboxylic acids is 2. The van der Waals surface area contributed by atoms with Crippen LogP contribution in [0.3, 0.4) is 0 Å². The molecule has 2 unspecified atom stereocenters. The van der Waals surface area contributed by atoms with E-state index in [1.165, 1.54) is 7.11 Å². The van der Waals surface area contributed by atoms with Crippen molar-refractivity contribution < 1.29 is 14.3 Å². The number of likely N-dealkylation sites (N-methyl/N-ethyl adjacent to an activating group) is 1. The van der Waals surface area contributed by atoms with Crippen LogP contribution in [0.25, 0.3) is 10.9 Å². The second-order valence-electron chi connectivity index (χ2n) is 8.43. The molecule has 2 aromatic rings. The Morgan fingerprint density at radius 2 is 2.03 bits per heavy atom. The number of nitrogens with one attached hydrogen (secondary N) is 1. The van der Waals surface area contributed by atoms with E-state index in [2.05, 4.69) is 17.1 Å². The molecule has 4 rings (SSSR count). The minimum atomic E-state index is -0.153. The molecule has 1 aromatic heterocycles. The molecule has 1 N–H and O–H groups in total. The molecule has 6 heteroatoms. The van der Waals surface area contributed by atoms with Crippen LogP contribution in [-0.4, -0.2) is 48.5 Å². The van der Waals surface area contributed by atoms with Gasteiger partial charge in [0.25, 0.3) is 5.91 Å². The van der Waals surface area contributed by atoms with Crippen LogP contribution in [-0.2, 0) is 22.5 Å². The maximum atomic E-state index is 13.4. The van der Waals surface area contributed by atoms with Crippen LogP contribution in [0.5, 0.6) is 0 Å². The number of esters is 1. The van der Waals surface area contributed by atoms with Gasteiger partial charge in [-0.15, -0.1) is 0 Å². The first kappa shape index (κ1) is 20.8. The van der Waals surface area contributed by atoms with E-state index in [0.29, 0.717) is 6.54 Å². The summed E-state index contributed by atoms with van der Waals surface area (Å²) in [6, 6.07) is 7.89. The SMILES string of the molecule is CCN1CCc2nc3ccccc3c(C(=O)NCC3CCCCC3C(=O)OC)c2C1. The number of fused-ring (bicyclic) bond motifs is 2. The summed E-state index contributed by atoms with van der Waals surface area (Å²) in [5.41, 5.74) is 3.71. The predicted octanol–water partition coefficient (Wildman–Crippen LogP) is 3.32. The van der Waals surface area contributed by atoms with Crippen LogP contribution in [0.2, 0.25) is 0 Å². The number of methoxy groups -OCH3 is 1. The third-order valence-electron chi connectivity index (χ3n) is 6.74. The predicted molar refractivity (Wildman–Crippen MR) is 116 cm³/mol. The zero-order chi connectivity index (χ0) is 21.1. The Hall–Kier alpha value is -2.47. The summed E-state index contributed by atoms with van der Waals surface area (Å²) in [4.78, 5) is 32.8. The van der Waals surface area contributed by atoms with Gasteiger partial charge in [0, 0.05) is 42.7 Å². The number of nitrogens with zero attached hydrogens (tertiary/aromatic N) is 2. The number of pyridine rings is 1. The fourth-order valence-electron chi connectivity index (χ4n) is 5.00. The maximum Gasteiger partial charge on any atom is 0.309 e. The molecular weight excluding hydrogens is 378 g/mol. The van der Waals surface area contributed by atoms with Gasteiger partial charge in [-0.05, 0) is 31.4 Å². The van der Waals surface area contributed by atoms with Crippen molar-refractivity contribution in [3.05, 3.63) is 41.1 Å². The molecule has 1 fully saturated rings. The van der Waals surface area contributed by atoms with E-state index < -0.39 is 0 Å². The molecule has 2 atom stereocenters. The van der Waals surface area contributed by atoms with Crippen molar-refractivity contribution in [2.24, 2.45) is 11.8 Å². The molecule has 1 saturated carbocycles. The number of ether oxygens (including phenoxy) is 1. The smallest absolute Gasteiger partial charge is 0.309 e. The third kappa shape index (κ3) is 4.06. The Balaban J connectivity index is 1.62. The van der Waals surface area contributed by atoms with Crippen molar-refractivity contribution in [2.45, 2.75) is 45.6 Å². The van der Waals surface area contributed by atoms with Gasteiger partial charge in [-0.25, -0.2) is 0 Å². The molecule has 2 aliphatic rings. The van der Waals surface area contributed by atoms with Crippen molar-refractivity contribution in [3.8, 4) is 0 Å². The van der Waals surface area contributed by atoms with Crippen molar-refractivity contribution in [3.63, 3.8) is 0 Å². The van der Waals surface area contributed by atoms with Gasteiger partial charge in [-0.2, -0.15) is 0 Å². The van der Waals surface area contributed by atoms with Gasteiger partial charge in [0.1, 0.15) is 0 Å².